The van der Waals surface area contributed by atoms with Crippen LogP contribution in [-0.2, 0) is 38.3 Å². The molecular weight excluding hydrogens is 436 g/mol. The van der Waals surface area contributed by atoms with Gasteiger partial charge in [0.05, 0.1) is 18.8 Å². The minimum Gasteiger partial charge on any atom is -0.488 e. The van der Waals surface area contributed by atoms with Gasteiger partial charge in [-0.25, -0.2) is 0 Å². The molecule has 3 rings (SSSR count). The summed E-state index contributed by atoms with van der Waals surface area (Å²) in [6, 6.07) is 18.3. The van der Waals surface area contributed by atoms with E-state index in [2.05, 4.69) is 38.1 Å². The maximum absolute atomic E-state index is 11.1. The number of aliphatic hydroxyl groups excluding tert-OH is 2. The quantitative estimate of drug-likeness (QED) is 0.281. The van der Waals surface area contributed by atoms with Crippen molar-refractivity contribution in [2.45, 2.75) is 85.2 Å². The second-order valence-corrected chi connectivity index (χ2v) is 9.21. The van der Waals surface area contributed by atoms with Gasteiger partial charge in [-0.05, 0) is 76.8 Å². The molecular formula is C31H40O4. The Balaban J connectivity index is 2.04. The van der Waals surface area contributed by atoms with Crippen LogP contribution in [0.3, 0.4) is 0 Å². The number of benzene rings is 3. The van der Waals surface area contributed by atoms with Gasteiger partial charge >= 0.3 is 0 Å². The number of ether oxygens (including phenoxy) is 1. The number of aryl methyl sites for hydroxylation is 2. The first kappa shape index (κ1) is 26.9. The van der Waals surface area contributed by atoms with E-state index in [1.54, 1.807) is 0 Å². The molecule has 0 aromatic heterocycles. The maximum Gasteiger partial charge on any atom is 0.127 e. The Morgan fingerprint density at radius 3 is 2.14 bits per heavy atom. The zero-order valence-corrected chi connectivity index (χ0v) is 21.6. The molecule has 0 spiro atoms. The molecule has 35 heavy (non-hydrogen) atoms. The zero-order chi connectivity index (χ0) is 25.4. The summed E-state index contributed by atoms with van der Waals surface area (Å²) in [6.45, 7) is 8.56. The molecule has 0 aliphatic heterocycles. The van der Waals surface area contributed by atoms with Crippen LogP contribution in [0.15, 0.2) is 54.6 Å². The maximum atomic E-state index is 11.1. The highest BCUT2D eigenvalue weighted by molar-refractivity contribution is 5.77. The van der Waals surface area contributed by atoms with E-state index in [9.17, 15) is 15.3 Å². The van der Waals surface area contributed by atoms with Gasteiger partial charge in [0.2, 0.25) is 0 Å². The molecule has 0 atom stereocenters. The Morgan fingerprint density at radius 1 is 0.771 bits per heavy atom. The fourth-order valence-electron chi connectivity index (χ4n) is 4.79. The topological polar surface area (TPSA) is 69.9 Å². The van der Waals surface area contributed by atoms with Crippen LogP contribution in [0.2, 0.25) is 0 Å². The van der Waals surface area contributed by atoms with E-state index in [1.807, 2.05) is 44.2 Å². The van der Waals surface area contributed by atoms with E-state index in [-0.39, 0.29) is 13.2 Å². The first-order valence-corrected chi connectivity index (χ1v) is 12.9. The number of rotatable bonds is 12. The molecule has 3 N–H and O–H groups in total. The highest BCUT2D eigenvalue weighted by atomic mass is 16.5. The molecule has 0 amide bonds. The largest absolute Gasteiger partial charge is 0.488 e. The van der Waals surface area contributed by atoms with Gasteiger partial charge in [-0.2, -0.15) is 0 Å². The molecule has 4 nitrogen and oxygen atoms in total. The smallest absolute Gasteiger partial charge is 0.127 e. The van der Waals surface area contributed by atoms with E-state index in [1.165, 1.54) is 11.1 Å². The van der Waals surface area contributed by atoms with E-state index in [0.29, 0.717) is 19.4 Å². The van der Waals surface area contributed by atoms with Gasteiger partial charge in [0.25, 0.3) is 0 Å². The second-order valence-electron chi connectivity index (χ2n) is 9.21. The SMILES string of the molecule is CCCc1cc(C(O)(CC)CC)ccc1-c1c(CC)cccc1OCc1ccc(CO)c(CO)c1. The monoisotopic (exact) mass is 476 g/mol. The standard InChI is InChI=1S/C31H40O4/c1-5-10-24-18-27(31(34,7-3)8-4)15-16-28(24)30-23(6-2)11-9-12-29(30)35-21-22-13-14-25(19-32)26(17-22)20-33/h9,11-18,32-34H,5-8,10,19-21H2,1-4H3. The van der Waals surface area contributed by atoms with Crippen molar-refractivity contribution in [1.82, 2.24) is 0 Å². The Morgan fingerprint density at radius 2 is 1.51 bits per heavy atom. The fourth-order valence-corrected chi connectivity index (χ4v) is 4.79. The average molecular weight is 477 g/mol. The van der Waals surface area contributed by atoms with Crippen molar-refractivity contribution in [3.05, 3.63) is 88.0 Å². The van der Waals surface area contributed by atoms with Crippen LogP contribution in [0.4, 0.5) is 0 Å². The van der Waals surface area contributed by atoms with Crippen molar-refractivity contribution in [3.63, 3.8) is 0 Å². The van der Waals surface area contributed by atoms with Gasteiger partial charge in [-0.3, -0.25) is 0 Å². The van der Waals surface area contributed by atoms with Gasteiger partial charge in [0.1, 0.15) is 12.4 Å². The van der Waals surface area contributed by atoms with Crippen molar-refractivity contribution in [2.75, 3.05) is 0 Å². The van der Waals surface area contributed by atoms with Crippen molar-refractivity contribution >= 4 is 0 Å². The molecule has 3 aromatic rings. The van der Waals surface area contributed by atoms with Gasteiger partial charge in [-0.1, -0.05) is 76.6 Å². The molecule has 0 fully saturated rings. The lowest BCUT2D eigenvalue weighted by Gasteiger charge is -2.27. The molecule has 0 bridgehead atoms. The van der Waals surface area contributed by atoms with Crippen molar-refractivity contribution < 1.29 is 20.1 Å². The molecule has 0 radical (unpaired) electrons. The second kappa shape index (κ2) is 12.3. The summed E-state index contributed by atoms with van der Waals surface area (Å²) in [7, 11) is 0. The lowest BCUT2D eigenvalue weighted by atomic mass is 9.84. The normalized spacial score (nSPS) is 11.6. The number of hydrogen-bond donors (Lipinski definition) is 3. The Hall–Kier alpha value is -2.66. The Kier molecular flexibility index (Phi) is 9.50. The van der Waals surface area contributed by atoms with Crippen LogP contribution in [0.1, 0.15) is 80.3 Å². The van der Waals surface area contributed by atoms with Crippen LogP contribution in [-0.4, -0.2) is 15.3 Å². The van der Waals surface area contributed by atoms with Crippen LogP contribution >= 0.6 is 0 Å². The third-order valence-electron chi connectivity index (χ3n) is 7.10. The summed E-state index contributed by atoms with van der Waals surface area (Å²) in [5, 5.41) is 30.3. The minimum atomic E-state index is -0.810. The summed E-state index contributed by atoms with van der Waals surface area (Å²) in [5.41, 5.74) is 7.28. The van der Waals surface area contributed by atoms with Gasteiger partial charge < -0.3 is 20.1 Å². The third kappa shape index (κ3) is 5.95. The third-order valence-corrected chi connectivity index (χ3v) is 7.10. The van der Waals surface area contributed by atoms with E-state index < -0.39 is 5.60 Å². The fraction of sp³-hybridized carbons (Fsp3) is 0.419. The summed E-state index contributed by atoms with van der Waals surface area (Å²) in [6.07, 6.45) is 4.18. The lowest BCUT2D eigenvalue weighted by molar-refractivity contribution is 0.0283. The van der Waals surface area contributed by atoms with Crippen LogP contribution in [0.25, 0.3) is 11.1 Å². The van der Waals surface area contributed by atoms with Crippen LogP contribution in [0, 0.1) is 0 Å². The van der Waals surface area contributed by atoms with Gasteiger partial charge in [0, 0.05) is 5.56 Å². The lowest BCUT2D eigenvalue weighted by Crippen LogP contribution is -2.23. The number of aliphatic hydroxyl groups is 3. The van der Waals surface area contributed by atoms with Crippen molar-refractivity contribution in [2.24, 2.45) is 0 Å². The predicted octanol–water partition coefficient (Wildman–Crippen LogP) is 6.44. The van der Waals surface area contributed by atoms with E-state index in [4.69, 9.17) is 4.74 Å². The van der Waals surface area contributed by atoms with E-state index >= 15 is 0 Å². The first-order valence-electron chi connectivity index (χ1n) is 12.9. The summed E-state index contributed by atoms with van der Waals surface area (Å²) in [4.78, 5) is 0. The molecule has 0 saturated heterocycles. The molecule has 0 aliphatic carbocycles. The van der Waals surface area contributed by atoms with Gasteiger partial charge in [0.15, 0.2) is 0 Å². The summed E-state index contributed by atoms with van der Waals surface area (Å²) >= 11 is 0. The van der Waals surface area contributed by atoms with Crippen molar-refractivity contribution in [1.29, 1.82) is 0 Å². The molecule has 188 valence electrons. The highest BCUT2D eigenvalue weighted by Crippen LogP contribution is 2.39. The molecule has 3 aromatic carbocycles. The number of hydrogen-bond acceptors (Lipinski definition) is 4. The molecule has 4 heteroatoms. The highest BCUT2D eigenvalue weighted by Gasteiger charge is 2.26. The molecule has 0 unspecified atom stereocenters. The van der Waals surface area contributed by atoms with Crippen molar-refractivity contribution in [3.8, 4) is 16.9 Å². The Bertz CT molecular complexity index is 1110. The zero-order valence-electron chi connectivity index (χ0n) is 21.6. The van der Waals surface area contributed by atoms with Gasteiger partial charge in [-0.15, -0.1) is 0 Å². The summed E-state index contributed by atoms with van der Waals surface area (Å²) < 4.78 is 6.37. The average Bonchev–Trinajstić information content (AvgIpc) is 2.91. The molecule has 0 aliphatic rings. The van der Waals surface area contributed by atoms with E-state index in [0.717, 1.165) is 58.4 Å². The predicted molar refractivity (Wildman–Crippen MR) is 142 cm³/mol. The van der Waals surface area contributed by atoms with Crippen LogP contribution in [0.5, 0.6) is 5.75 Å². The Labute approximate surface area is 210 Å². The first-order chi connectivity index (χ1) is 16.9. The molecule has 0 heterocycles. The minimum absolute atomic E-state index is 0.0961. The van der Waals surface area contributed by atoms with Crippen LogP contribution < -0.4 is 4.74 Å². The molecule has 0 saturated carbocycles. The summed E-state index contributed by atoms with van der Waals surface area (Å²) in [5.74, 6) is 0.826.